The second-order valence-corrected chi connectivity index (χ2v) is 5.83. The van der Waals surface area contributed by atoms with Gasteiger partial charge in [0.1, 0.15) is 12.4 Å². The van der Waals surface area contributed by atoms with Gasteiger partial charge in [-0.1, -0.05) is 18.2 Å². The first kappa shape index (κ1) is 13.5. The fourth-order valence-electron chi connectivity index (χ4n) is 3.19. The standard InChI is InChI=1S/C17H23NO2/c1-12-6-7-15(17(10-12)20-9-8-19-2)18-16-11-13-4-3-5-14(13)16/h3,5-7,10,13-14,16,18H,4,8-9,11H2,1-2H3. The molecule has 1 aromatic carbocycles. The summed E-state index contributed by atoms with van der Waals surface area (Å²) in [5.74, 6) is 2.52. The molecule has 108 valence electrons. The molecule has 0 saturated heterocycles. The van der Waals surface area contributed by atoms with Crippen LogP contribution in [0, 0.1) is 18.8 Å². The smallest absolute Gasteiger partial charge is 0.142 e. The molecule has 0 heterocycles. The Morgan fingerprint density at radius 2 is 2.20 bits per heavy atom. The monoisotopic (exact) mass is 273 g/mol. The average Bonchev–Trinajstić information content (AvgIpc) is 2.79. The number of allylic oxidation sites excluding steroid dienone is 1. The summed E-state index contributed by atoms with van der Waals surface area (Å²) in [5.41, 5.74) is 2.32. The fraction of sp³-hybridized carbons (Fsp3) is 0.529. The Morgan fingerprint density at radius 3 is 3.00 bits per heavy atom. The number of aryl methyl sites for hydroxylation is 1. The molecule has 0 aliphatic heterocycles. The molecule has 1 saturated carbocycles. The SMILES string of the molecule is COCCOc1cc(C)ccc1NC1CC2CC=CC21. The van der Waals surface area contributed by atoms with Crippen LogP contribution in [-0.2, 0) is 4.74 Å². The van der Waals surface area contributed by atoms with E-state index in [4.69, 9.17) is 9.47 Å². The molecule has 0 amide bonds. The van der Waals surface area contributed by atoms with E-state index in [0.29, 0.717) is 25.2 Å². The van der Waals surface area contributed by atoms with Crippen molar-refractivity contribution in [1.29, 1.82) is 0 Å². The van der Waals surface area contributed by atoms with Crippen molar-refractivity contribution in [3.63, 3.8) is 0 Å². The number of hydrogen-bond acceptors (Lipinski definition) is 3. The van der Waals surface area contributed by atoms with E-state index >= 15 is 0 Å². The largest absolute Gasteiger partial charge is 0.489 e. The lowest BCUT2D eigenvalue weighted by Crippen LogP contribution is -2.43. The third kappa shape index (κ3) is 2.68. The molecule has 0 radical (unpaired) electrons. The molecule has 3 unspecified atom stereocenters. The average molecular weight is 273 g/mol. The molecule has 3 nitrogen and oxygen atoms in total. The Bertz CT molecular complexity index is 498. The molecule has 0 spiro atoms. The zero-order valence-electron chi connectivity index (χ0n) is 12.3. The number of nitrogens with one attached hydrogen (secondary N) is 1. The van der Waals surface area contributed by atoms with Crippen LogP contribution in [0.25, 0.3) is 0 Å². The molecule has 1 fully saturated rings. The highest BCUT2D eigenvalue weighted by Gasteiger charge is 2.41. The lowest BCUT2D eigenvalue weighted by Gasteiger charge is -2.41. The summed E-state index contributed by atoms with van der Waals surface area (Å²) in [6, 6.07) is 6.92. The number of hydrogen-bond donors (Lipinski definition) is 1. The zero-order valence-corrected chi connectivity index (χ0v) is 12.3. The van der Waals surface area contributed by atoms with Gasteiger partial charge in [0.25, 0.3) is 0 Å². The summed E-state index contributed by atoms with van der Waals surface area (Å²) in [5, 5.41) is 3.66. The van der Waals surface area contributed by atoms with Crippen LogP contribution < -0.4 is 10.1 Å². The van der Waals surface area contributed by atoms with Gasteiger partial charge in [-0.05, 0) is 43.4 Å². The molecule has 0 aromatic heterocycles. The lowest BCUT2D eigenvalue weighted by molar-refractivity contribution is 0.146. The molecule has 3 atom stereocenters. The third-order valence-electron chi connectivity index (χ3n) is 4.39. The van der Waals surface area contributed by atoms with Gasteiger partial charge in [-0.3, -0.25) is 0 Å². The predicted molar refractivity (Wildman–Crippen MR) is 81.3 cm³/mol. The van der Waals surface area contributed by atoms with Gasteiger partial charge in [0.05, 0.1) is 12.3 Å². The van der Waals surface area contributed by atoms with Crippen molar-refractivity contribution in [3.05, 3.63) is 35.9 Å². The minimum atomic E-state index is 0.561. The summed E-state index contributed by atoms with van der Waals surface area (Å²) in [6.07, 6.45) is 7.21. The second-order valence-electron chi connectivity index (χ2n) is 5.83. The number of ether oxygens (including phenoxy) is 2. The summed E-state index contributed by atoms with van der Waals surface area (Å²) in [4.78, 5) is 0. The van der Waals surface area contributed by atoms with Crippen molar-refractivity contribution in [3.8, 4) is 5.75 Å². The number of methoxy groups -OCH3 is 1. The summed E-state index contributed by atoms with van der Waals surface area (Å²) in [6.45, 7) is 3.29. The fourth-order valence-corrected chi connectivity index (χ4v) is 3.19. The van der Waals surface area contributed by atoms with Crippen LogP contribution in [0.5, 0.6) is 5.75 Å². The van der Waals surface area contributed by atoms with Crippen molar-refractivity contribution < 1.29 is 9.47 Å². The van der Waals surface area contributed by atoms with Gasteiger partial charge in [0, 0.05) is 19.1 Å². The van der Waals surface area contributed by atoms with E-state index in [0.717, 1.165) is 17.4 Å². The normalized spacial score (nSPS) is 27.0. The van der Waals surface area contributed by atoms with Crippen molar-refractivity contribution >= 4 is 5.69 Å². The first-order valence-electron chi connectivity index (χ1n) is 7.43. The minimum Gasteiger partial charge on any atom is -0.489 e. The molecule has 3 rings (SSSR count). The maximum Gasteiger partial charge on any atom is 0.142 e. The third-order valence-corrected chi connectivity index (χ3v) is 4.39. The van der Waals surface area contributed by atoms with Gasteiger partial charge in [-0.2, -0.15) is 0 Å². The zero-order chi connectivity index (χ0) is 13.9. The van der Waals surface area contributed by atoms with Crippen LogP contribution in [0.4, 0.5) is 5.69 Å². The van der Waals surface area contributed by atoms with Crippen LogP contribution in [0.15, 0.2) is 30.4 Å². The van der Waals surface area contributed by atoms with Crippen molar-refractivity contribution in [2.45, 2.75) is 25.8 Å². The van der Waals surface area contributed by atoms with Gasteiger partial charge in [-0.15, -0.1) is 0 Å². The van der Waals surface area contributed by atoms with E-state index in [1.165, 1.54) is 18.4 Å². The van der Waals surface area contributed by atoms with Gasteiger partial charge in [-0.25, -0.2) is 0 Å². The second kappa shape index (κ2) is 5.88. The van der Waals surface area contributed by atoms with Crippen molar-refractivity contribution in [2.24, 2.45) is 11.8 Å². The molecular formula is C17H23NO2. The highest BCUT2D eigenvalue weighted by Crippen LogP contribution is 2.44. The van der Waals surface area contributed by atoms with Crippen LogP contribution in [0.1, 0.15) is 18.4 Å². The Kier molecular flexibility index (Phi) is 3.97. The van der Waals surface area contributed by atoms with Crippen LogP contribution in [0.2, 0.25) is 0 Å². The first-order valence-corrected chi connectivity index (χ1v) is 7.43. The molecule has 3 heteroatoms. The Hall–Kier alpha value is -1.48. The molecule has 2 aliphatic rings. The van der Waals surface area contributed by atoms with Gasteiger partial charge >= 0.3 is 0 Å². The Labute approximate surface area is 121 Å². The molecule has 0 bridgehead atoms. The van der Waals surface area contributed by atoms with Gasteiger partial charge in [0.15, 0.2) is 0 Å². The molecular weight excluding hydrogens is 250 g/mol. The van der Waals surface area contributed by atoms with E-state index in [1.807, 2.05) is 0 Å². The number of anilines is 1. The Balaban J connectivity index is 1.67. The molecule has 20 heavy (non-hydrogen) atoms. The van der Waals surface area contributed by atoms with Gasteiger partial charge < -0.3 is 14.8 Å². The number of benzene rings is 1. The quantitative estimate of drug-likeness (QED) is 0.636. The van der Waals surface area contributed by atoms with E-state index in [-0.39, 0.29) is 0 Å². The van der Waals surface area contributed by atoms with E-state index in [9.17, 15) is 0 Å². The van der Waals surface area contributed by atoms with Crippen LogP contribution >= 0.6 is 0 Å². The molecule has 1 aromatic rings. The molecule has 1 N–H and O–H groups in total. The predicted octanol–water partition coefficient (Wildman–Crippen LogP) is 3.40. The van der Waals surface area contributed by atoms with Crippen LogP contribution in [0.3, 0.4) is 0 Å². The number of fused-ring (bicyclic) bond motifs is 1. The lowest BCUT2D eigenvalue weighted by atomic mass is 9.71. The highest BCUT2D eigenvalue weighted by molar-refractivity contribution is 5.59. The summed E-state index contributed by atoms with van der Waals surface area (Å²) >= 11 is 0. The maximum atomic E-state index is 5.83. The first-order chi connectivity index (χ1) is 9.78. The van der Waals surface area contributed by atoms with Gasteiger partial charge in [0.2, 0.25) is 0 Å². The minimum absolute atomic E-state index is 0.561. The topological polar surface area (TPSA) is 30.5 Å². The molecule has 2 aliphatic carbocycles. The number of rotatable bonds is 6. The summed E-state index contributed by atoms with van der Waals surface area (Å²) in [7, 11) is 1.69. The van der Waals surface area contributed by atoms with E-state index < -0.39 is 0 Å². The van der Waals surface area contributed by atoms with Crippen LogP contribution in [-0.4, -0.2) is 26.4 Å². The van der Waals surface area contributed by atoms with Crippen molar-refractivity contribution in [1.82, 2.24) is 0 Å². The summed E-state index contributed by atoms with van der Waals surface area (Å²) < 4.78 is 10.9. The maximum absolute atomic E-state index is 5.83. The Morgan fingerprint density at radius 1 is 1.30 bits per heavy atom. The van der Waals surface area contributed by atoms with E-state index in [2.05, 4.69) is 42.6 Å². The van der Waals surface area contributed by atoms with E-state index in [1.54, 1.807) is 7.11 Å². The van der Waals surface area contributed by atoms with Crippen molar-refractivity contribution in [2.75, 3.05) is 25.6 Å². The highest BCUT2D eigenvalue weighted by atomic mass is 16.5.